The van der Waals surface area contributed by atoms with Crippen LogP contribution >= 0.6 is 24.4 Å². The van der Waals surface area contributed by atoms with Gasteiger partial charge in [-0.2, -0.15) is 10.2 Å². The van der Waals surface area contributed by atoms with E-state index in [-0.39, 0.29) is 20.7 Å². The maximum atomic E-state index is 11.6. The lowest BCUT2D eigenvalue weighted by Gasteiger charge is -2.00. The first-order valence-corrected chi connectivity index (χ1v) is 7.78. The Morgan fingerprint density at radius 2 is 1.14 bits per heavy atom. The van der Waals surface area contributed by atoms with Gasteiger partial charge in [0, 0.05) is 0 Å². The molecule has 0 aliphatic carbocycles. The number of nitrogens with zero attached hydrogens (tertiary/aromatic N) is 2. The molecule has 0 bridgehead atoms. The molecule has 2 aromatic rings. The van der Waals surface area contributed by atoms with Crippen molar-refractivity contribution in [2.45, 2.75) is 0 Å². The number of carbonyl (C=O) groups is 2. The van der Waals surface area contributed by atoms with E-state index in [1.54, 1.807) is 10.9 Å². The molecule has 0 aromatic carbocycles. The molecule has 2 rings (SSSR count). The lowest BCUT2D eigenvalue weighted by atomic mass is 10.3. The maximum Gasteiger partial charge on any atom is 0.331 e. The predicted molar refractivity (Wildman–Crippen MR) is 99.3 cm³/mol. The normalized spacial score (nSPS) is 11.0. The quantitative estimate of drug-likeness (QED) is 0.120. The average molecular weight is 426 g/mol. The minimum absolute atomic E-state index is 0.120. The molecule has 2 aromatic heterocycles. The Morgan fingerprint density at radius 3 is 1.46 bits per heavy atom. The summed E-state index contributed by atoms with van der Waals surface area (Å²) >= 11 is 9.27. The number of hydrogen-bond acceptors (Lipinski definition) is 10. The lowest BCUT2D eigenvalue weighted by Crippen LogP contribution is -2.35. The second-order valence-electron chi connectivity index (χ2n) is 4.74. The Labute approximate surface area is 163 Å². The molecule has 0 atom stereocenters. The molecular weight excluding hydrogens is 416 g/mol. The standard InChI is InChI=1S/C12H10N8O6S2/c21-5-3(6(22)16-11(27)15-5)1-13-19-9(25)10(26)20-14-2-4-7(23)17-12(28)18-8(4)24/h1-2H,(H,19,25)(H,20,26)(H3,15,16,21,22,27)(H3,17,18,23,24,28)/b13-1+,14-2+. The number of rotatable bonds is 4. The van der Waals surface area contributed by atoms with Gasteiger partial charge >= 0.3 is 11.8 Å². The third kappa shape index (κ3) is 5.05. The Bertz CT molecular complexity index is 1120. The van der Waals surface area contributed by atoms with E-state index in [0.29, 0.717) is 0 Å². The number of hydrogen-bond donors (Lipinski definition) is 8. The Kier molecular flexibility index (Phi) is 6.30. The van der Waals surface area contributed by atoms with E-state index in [1.165, 1.54) is 0 Å². The molecular formula is C12H10N8O6S2. The molecule has 16 heteroatoms. The largest absolute Gasteiger partial charge is 0.494 e. The minimum atomic E-state index is -1.28. The van der Waals surface area contributed by atoms with E-state index in [9.17, 15) is 29.4 Å². The average Bonchev–Trinajstić information content (AvgIpc) is 2.58. The monoisotopic (exact) mass is 426 g/mol. The number of aromatic amines is 4. The van der Waals surface area contributed by atoms with Crippen LogP contribution in [0, 0.1) is 9.54 Å². The summed E-state index contributed by atoms with van der Waals surface area (Å²) in [4.78, 5) is 55.1. The van der Waals surface area contributed by atoms with Crippen molar-refractivity contribution in [3.05, 3.63) is 41.4 Å². The van der Waals surface area contributed by atoms with E-state index >= 15 is 0 Å². The minimum Gasteiger partial charge on any atom is -0.494 e. The van der Waals surface area contributed by atoms with E-state index in [0.717, 1.165) is 12.4 Å². The highest BCUT2D eigenvalue weighted by molar-refractivity contribution is 7.71. The van der Waals surface area contributed by atoms with Gasteiger partial charge in [-0.15, -0.1) is 0 Å². The highest BCUT2D eigenvalue weighted by Crippen LogP contribution is 2.04. The molecule has 2 amide bonds. The molecule has 0 saturated carbocycles. The zero-order chi connectivity index (χ0) is 20.8. The molecule has 28 heavy (non-hydrogen) atoms. The van der Waals surface area contributed by atoms with Crippen molar-refractivity contribution in [1.29, 1.82) is 0 Å². The van der Waals surface area contributed by atoms with Gasteiger partial charge in [0.25, 0.3) is 11.1 Å². The smallest absolute Gasteiger partial charge is 0.331 e. The van der Waals surface area contributed by atoms with Crippen LogP contribution in [0.5, 0.6) is 11.8 Å². The molecule has 14 nitrogen and oxygen atoms in total. The van der Waals surface area contributed by atoms with Crippen LogP contribution in [0.4, 0.5) is 0 Å². The van der Waals surface area contributed by atoms with Gasteiger partial charge in [-0.25, -0.2) is 10.9 Å². The Morgan fingerprint density at radius 1 is 0.786 bits per heavy atom. The summed E-state index contributed by atoms with van der Waals surface area (Å²) < 4.78 is -0.239. The zero-order valence-electron chi connectivity index (χ0n) is 13.4. The highest BCUT2D eigenvalue weighted by Gasteiger charge is 2.12. The second-order valence-corrected chi connectivity index (χ2v) is 5.56. The summed E-state index contributed by atoms with van der Waals surface area (Å²) in [6, 6.07) is 0. The fourth-order valence-electron chi connectivity index (χ4n) is 1.62. The van der Waals surface area contributed by atoms with Gasteiger partial charge in [0.15, 0.2) is 9.54 Å². The number of amides is 2. The first-order valence-electron chi connectivity index (χ1n) is 6.96. The molecule has 0 aliphatic rings. The summed E-state index contributed by atoms with van der Waals surface area (Å²) in [5, 5.41) is 25.7. The van der Waals surface area contributed by atoms with Crippen LogP contribution < -0.4 is 22.0 Å². The highest BCUT2D eigenvalue weighted by atomic mass is 32.1. The molecule has 0 aliphatic heterocycles. The van der Waals surface area contributed by atoms with Crippen molar-refractivity contribution < 1.29 is 19.8 Å². The first-order chi connectivity index (χ1) is 13.2. The third-order valence-corrected chi connectivity index (χ3v) is 3.25. The Hall–Kier alpha value is -3.92. The summed E-state index contributed by atoms with van der Waals surface area (Å²) in [5.41, 5.74) is 1.32. The van der Waals surface area contributed by atoms with E-state index in [1.807, 2.05) is 0 Å². The molecule has 8 N–H and O–H groups in total. The fraction of sp³-hybridized carbons (Fsp3) is 0. The van der Waals surface area contributed by atoms with Crippen LogP contribution in [0.15, 0.2) is 19.8 Å². The first kappa shape index (κ1) is 20.4. The molecule has 0 fully saturated rings. The fourth-order valence-corrected chi connectivity index (χ4v) is 2.00. The number of nitrogens with one attached hydrogen (secondary N) is 6. The number of carbonyl (C=O) groups excluding carboxylic acids is 2. The van der Waals surface area contributed by atoms with Gasteiger partial charge in [-0.05, 0) is 24.4 Å². The van der Waals surface area contributed by atoms with E-state index in [2.05, 4.69) is 54.6 Å². The van der Waals surface area contributed by atoms with Crippen molar-refractivity contribution >= 4 is 48.7 Å². The third-order valence-electron chi connectivity index (χ3n) is 2.84. The number of aromatic hydroxyl groups is 2. The second kappa shape index (κ2) is 8.64. The van der Waals surface area contributed by atoms with Crippen molar-refractivity contribution in [1.82, 2.24) is 30.8 Å². The van der Waals surface area contributed by atoms with Crippen LogP contribution in [0.25, 0.3) is 0 Å². The molecule has 0 saturated heterocycles. The van der Waals surface area contributed by atoms with Gasteiger partial charge in [-0.3, -0.25) is 29.1 Å². The van der Waals surface area contributed by atoms with Gasteiger partial charge in [0.2, 0.25) is 11.8 Å². The summed E-state index contributed by atoms with van der Waals surface area (Å²) in [7, 11) is 0. The van der Waals surface area contributed by atoms with Crippen LogP contribution in [0.1, 0.15) is 11.1 Å². The van der Waals surface area contributed by atoms with Crippen molar-refractivity contribution in [3.63, 3.8) is 0 Å². The van der Waals surface area contributed by atoms with Gasteiger partial charge in [-0.1, -0.05) is 0 Å². The van der Waals surface area contributed by atoms with Crippen LogP contribution in [-0.4, -0.2) is 54.4 Å². The van der Waals surface area contributed by atoms with Crippen molar-refractivity contribution in [2.75, 3.05) is 0 Å². The number of hydrazone groups is 2. The maximum absolute atomic E-state index is 11.6. The van der Waals surface area contributed by atoms with E-state index in [4.69, 9.17) is 0 Å². The van der Waals surface area contributed by atoms with Crippen LogP contribution in [0.3, 0.4) is 0 Å². The summed E-state index contributed by atoms with van der Waals surface area (Å²) in [6.45, 7) is 0. The molecule has 2 heterocycles. The SMILES string of the molecule is O=C(N/N=C/c1c(O)[nH]c(=S)[nH]c1=O)C(=O)N/N=C/c1c(O)[nH]c(=S)[nH]c1=O. The van der Waals surface area contributed by atoms with Crippen molar-refractivity contribution in [2.24, 2.45) is 10.2 Å². The van der Waals surface area contributed by atoms with Gasteiger partial charge < -0.3 is 20.2 Å². The van der Waals surface area contributed by atoms with Gasteiger partial charge in [0.1, 0.15) is 11.1 Å². The molecule has 0 radical (unpaired) electrons. The summed E-state index contributed by atoms with van der Waals surface area (Å²) in [5.74, 6) is -3.74. The topological polar surface area (TPSA) is 221 Å². The van der Waals surface area contributed by atoms with Crippen molar-refractivity contribution in [3.8, 4) is 11.8 Å². The van der Waals surface area contributed by atoms with E-state index < -0.39 is 34.7 Å². The molecule has 0 spiro atoms. The Balaban J connectivity index is 2.00. The number of H-pyrrole nitrogens is 4. The number of aromatic nitrogens is 4. The van der Waals surface area contributed by atoms with Crippen LogP contribution in [-0.2, 0) is 9.59 Å². The molecule has 0 unspecified atom stereocenters. The lowest BCUT2D eigenvalue weighted by molar-refractivity contribution is -0.139. The molecule has 146 valence electrons. The summed E-state index contributed by atoms with van der Waals surface area (Å²) in [6.07, 6.45) is 1.55. The van der Waals surface area contributed by atoms with Crippen LogP contribution in [0.2, 0.25) is 0 Å². The zero-order valence-corrected chi connectivity index (χ0v) is 15.0. The van der Waals surface area contributed by atoms with Gasteiger partial charge in [0.05, 0.1) is 12.4 Å². The predicted octanol–water partition coefficient (Wildman–Crippen LogP) is -1.81.